The molecule has 0 aliphatic carbocycles. The molecule has 2 aliphatic rings. The van der Waals surface area contributed by atoms with Crippen LogP contribution in [0.1, 0.15) is 23.2 Å². The van der Waals surface area contributed by atoms with Crippen molar-refractivity contribution in [2.24, 2.45) is 0 Å². The maximum absolute atomic E-state index is 12.7. The van der Waals surface area contributed by atoms with E-state index in [0.29, 0.717) is 31.6 Å². The van der Waals surface area contributed by atoms with Crippen LogP contribution in [0, 0.1) is 0 Å². The van der Waals surface area contributed by atoms with Gasteiger partial charge in [-0.1, -0.05) is 36.4 Å². The molecule has 29 heavy (non-hydrogen) atoms. The summed E-state index contributed by atoms with van der Waals surface area (Å²) in [5.41, 5.74) is 0.325. The highest BCUT2D eigenvalue weighted by atomic mass is 19.4. The van der Waals surface area contributed by atoms with Crippen molar-refractivity contribution < 1.29 is 22.7 Å². The molecule has 0 N–H and O–H groups in total. The number of hydrogen-bond acceptors (Lipinski definition) is 4. The Morgan fingerprint density at radius 3 is 2.62 bits per heavy atom. The van der Waals surface area contributed by atoms with Crippen LogP contribution in [0.2, 0.25) is 0 Å². The van der Waals surface area contributed by atoms with Gasteiger partial charge in [0.25, 0.3) is 0 Å². The zero-order chi connectivity index (χ0) is 20.6. The first-order valence-corrected chi connectivity index (χ1v) is 9.49. The number of piperidine rings is 1. The third-order valence-electron chi connectivity index (χ3n) is 5.94. The van der Waals surface area contributed by atoms with Gasteiger partial charge in [0.2, 0.25) is 5.91 Å². The average molecular weight is 405 g/mol. The van der Waals surface area contributed by atoms with Crippen molar-refractivity contribution >= 4 is 5.91 Å². The van der Waals surface area contributed by atoms with Gasteiger partial charge >= 0.3 is 6.18 Å². The molecule has 0 radical (unpaired) electrons. The number of pyridine rings is 1. The van der Waals surface area contributed by atoms with Crippen LogP contribution in [-0.4, -0.2) is 53.5 Å². The van der Waals surface area contributed by atoms with Crippen molar-refractivity contribution in [3.63, 3.8) is 0 Å². The number of benzene rings is 1. The van der Waals surface area contributed by atoms with Crippen LogP contribution in [0.15, 0.2) is 48.7 Å². The Morgan fingerprint density at radius 1 is 1.21 bits per heavy atom. The highest BCUT2D eigenvalue weighted by Crippen LogP contribution is 2.42. The molecule has 4 rings (SSSR count). The van der Waals surface area contributed by atoms with E-state index >= 15 is 0 Å². The molecule has 0 bridgehead atoms. The number of alkyl halides is 3. The van der Waals surface area contributed by atoms with Crippen molar-refractivity contribution in [3.05, 3.63) is 65.5 Å². The lowest BCUT2D eigenvalue weighted by Gasteiger charge is -2.54. The molecule has 2 saturated heterocycles. The third kappa shape index (κ3) is 3.62. The van der Waals surface area contributed by atoms with Crippen molar-refractivity contribution in [1.82, 2.24) is 14.8 Å². The Hall–Kier alpha value is -2.45. The van der Waals surface area contributed by atoms with E-state index in [1.165, 1.54) is 12.3 Å². The van der Waals surface area contributed by atoms with E-state index in [1.54, 1.807) is 4.90 Å². The molecule has 3 heterocycles. The van der Waals surface area contributed by atoms with Gasteiger partial charge in [0.15, 0.2) is 0 Å². The van der Waals surface area contributed by atoms with Gasteiger partial charge < -0.3 is 9.64 Å². The zero-order valence-corrected chi connectivity index (χ0v) is 16.0. The average Bonchev–Trinajstić information content (AvgIpc) is 2.71. The van der Waals surface area contributed by atoms with Gasteiger partial charge in [0.1, 0.15) is 12.3 Å². The van der Waals surface area contributed by atoms with Crippen molar-refractivity contribution in [1.29, 1.82) is 0 Å². The lowest BCUT2D eigenvalue weighted by atomic mass is 9.76. The second kappa shape index (κ2) is 7.42. The Morgan fingerprint density at radius 2 is 1.97 bits per heavy atom. The normalized spacial score (nSPS) is 25.7. The van der Waals surface area contributed by atoms with E-state index < -0.39 is 17.4 Å². The lowest BCUT2D eigenvalue weighted by molar-refractivity contribution is -0.183. The molecule has 0 unspecified atom stereocenters. The van der Waals surface area contributed by atoms with Crippen LogP contribution in [-0.2, 0) is 27.8 Å². The number of carbonyl (C=O) groups is 1. The summed E-state index contributed by atoms with van der Waals surface area (Å²) < 4.78 is 44.1. The fourth-order valence-corrected chi connectivity index (χ4v) is 4.37. The summed E-state index contributed by atoms with van der Waals surface area (Å²) in [6.45, 7) is 1.78. The second-order valence-corrected chi connectivity index (χ2v) is 7.58. The minimum Gasteiger partial charge on any atom is -0.364 e. The molecule has 2 aromatic rings. The van der Waals surface area contributed by atoms with Gasteiger partial charge in [0.05, 0.1) is 11.6 Å². The number of carbonyl (C=O) groups excluding carboxylic acids is 1. The number of rotatable bonds is 3. The standard InChI is InChI=1S/C21H22F3N3O2/c1-26-19(28)14-29-18-13-27(10-9-20(18,26)16-5-3-2-4-6-16)12-15-7-8-17(25-11-15)21(22,23)24/h2-8,11,18H,9-10,12-14H2,1H3/t18-,20+/m1/s1. The number of ether oxygens (including phenoxy) is 1. The van der Waals surface area contributed by atoms with Crippen LogP contribution in [0.5, 0.6) is 0 Å². The van der Waals surface area contributed by atoms with Gasteiger partial charge in [-0.25, -0.2) is 0 Å². The number of nitrogens with zero attached hydrogens (tertiary/aromatic N) is 3. The SMILES string of the molecule is CN1C(=O)CO[C@@H]2CN(Cc3ccc(C(F)(F)F)nc3)CC[C@]21c1ccccc1. The number of fused-ring (bicyclic) bond motifs is 1. The number of likely N-dealkylation sites (N-methyl/N-ethyl adjacent to an activating group) is 1. The summed E-state index contributed by atoms with van der Waals surface area (Å²) in [4.78, 5) is 19.9. The molecule has 1 amide bonds. The van der Waals surface area contributed by atoms with Crippen LogP contribution < -0.4 is 0 Å². The first kappa shape index (κ1) is 19.8. The fraction of sp³-hybridized carbons (Fsp3) is 0.429. The summed E-state index contributed by atoms with van der Waals surface area (Å²) in [7, 11) is 1.82. The van der Waals surface area contributed by atoms with E-state index in [9.17, 15) is 18.0 Å². The summed E-state index contributed by atoms with van der Waals surface area (Å²) >= 11 is 0. The number of morpholine rings is 1. The van der Waals surface area contributed by atoms with Crippen LogP contribution in [0.25, 0.3) is 0 Å². The molecular formula is C21H22F3N3O2. The highest BCUT2D eigenvalue weighted by molar-refractivity contribution is 5.79. The molecule has 2 aliphatic heterocycles. The van der Waals surface area contributed by atoms with Gasteiger partial charge in [0, 0.05) is 32.9 Å². The fourth-order valence-electron chi connectivity index (χ4n) is 4.37. The van der Waals surface area contributed by atoms with E-state index in [4.69, 9.17) is 4.74 Å². The number of amides is 1. The molecule has 8 heteroatoms. The first-order chi connectivity index (χ1) is 13.8. The predicted octanol–water partition coefficient (Wildman–Crippen LogP) is 3.06. The van der Waals surface area contributed by atoms with E-state index in [0.717, 1.165) is 11.6 Å². The largest absolute Gasteiger partial charge is 0.433 e. The Kier molecular flexibility index (Phi) is 5.08. The number of aromatic nitrogens is 1. The minimum absolute atomic E-state index is 0.0332. The number of likely N-dealkylation sites (tertiary alicyclic amines) is 1. The molecule has 5 nitrogen and oxygen atoms in total. The van der Waals surface area contributed by atoms with Gasteiger partial charge in [-0.2, -0.15) is 13.2 Å². The van der Waals surface area contributed by atoms with Crippen molar-refractivity contribution in [2.45, 2.75) is 30.8 Å². The van der Waals surface area contributed by atoms with Crippen LogP contribution in [0.3, 0.4) is 0 Å². The topological polar surface area (TPSA) is 45.7 Å². The smallest absolute Gasteiger partial charge is 0.364 e. The van der Waals surface area contributed by atoms with Gasteiger partial charge in [-0.3, -0.25) is 14.7 Å². The monoisotopic (exact) mass is 405 g/mol. The van der Waals surface area contributed by atoms with E-state index in [1.807, 2.05) is 37.4 Å². The molecule has 1 aromatic heterocycles. The van der Waals surface area contributed by atoms with Crippen LogP contribution >= 0.6 is 0 Å². The highest BCUT2D eigenvalue weighted by Gasteiger charge is 2.52. The first-order valence-electron chi connectivity index (χ1n) is 9.49. The molecule has 2 atom stereocenters. The molecule has 0 spiro atoms. The minimum atomic E-state index is -4.44. The summed E-state index contributed by atoms with van der Waals surface area (Å²) in [6, 6.07) is 12.3. The Balaban J connectivity index is 1.54. The maximum Gasteiger partial charge on any atom is 0.433 e. The zero-order valence-electron chi connectivity index (χ0n) is 16.0. The van der Waals surface area contributed by atoms with Crippen molar-refractivity contribution in [3.8, 4) is 0 Å². The molecule has 1 aromatic carbocycles. The summed E-state index contributed by atoms with van der Waals surface area (Å²) in [5.74, 6) is -0.0505. The Labute approximate surface area is 167 Å². The molecular weight excluding hydrogens is 383 g/mol. The van der Waals surface area contributed by atoms with E-state index in [2.05, 4.69) is 9.88 Å². The predicted molar refractivity (Wildman–Crippen MR) is 99.8 cm³/mol. The van der Waals surface area contributed by atoms with Gasteiger partial charge in [-0.15, -0.1) is 0 Å². The molecule has 2 fully saturated rings. The Bertz CT molecular complexity index is 873. The lowest BCUT2D eigenvalue weighted by Crippen LogP contribution is -2.66. The maximum atomic E-state index is 12.7. The quantitative estimate of drug-likeness (QED) is 0.788. The molecule has 154 valence electrons. The van der Waals surface area contributed by atoms with Gasteiger partial charge in [-0.05, 0) is 23.6 Å². The van der Waals surface area contributed by atoms with Crippen molar-refractivity contribution in [2.75, 3.05) is 26.7 Å². The number of hydrogen-bond donors (Lipinski definition) is 0. The van der Waals surface area contributed by atoms with Crippen LogP contribution in [0.4, 0.5) is 13.2 Å². The molecule has 0 saturated carbocycles. The summed E-state index contributed by atoms with van der Waals surface area (Å²) in [5, 5.41) is 0. The van der Waals surface area contributed by atoms with E-state index in [-0.39, 0.29) is 18.6 Å². The second-order valence-electron chi connectivity index (χ2n) is 7.58. The summed E-state index contributed by atoms with van der Waals surface area (Å²) in [6.07, 6.45) is -2.70. The third-order valence-corrected chi connectivity index (χ3v) is 5.94. The number of halogens is 3.